The van der Waals surface area contributed by atoms with Crippen LogP contribution in [-0.4, -0.2) is 17.8 Å². The average Bonchev–Trinajstić information content (AvgIpc) is 2.38. The molecule has 0 spiro atoms. The van der Waals surface area contributed by atoms with Crippen LogP contribution >= 0.6 is 0 Å². The summed E-state index contributed by atoms with van der Waals surface area (Å²) in [6.45, 7) is 6.51. The molecule has 1 atom stereocenters. The van der Waals surface area contributed by atoms with Crippen molar-refractivity contribution in [3.8, 4) is 0 Å². The van der Waals surface area contributed by atoms with Gasteiger partial charge in [0.1, 0.15) is 0 Å². The number of aryl methyl sites for hydroxylation is 2. The Morgan fingerprint density at radius 1 is 1.11 bits per heavy atom. The maximum absolute atomic E-state index is 9.89. The minimum atomic E-state index is -0.321. The second kappa shape index (κ2) is 6.06. The van der Waals surface area contributed by atoms with E-state index in [2.05, 4.69) is 44.3 Å². The molecule has 1 aromatic rings. The van der Waals surface area contributed by atoms with Gasteiger partial charge in [-0.15, -0.1) is 0 Å². The lowest BCUT2D eigenvalue weighted by molar-refractivity contribution is 0.150. The van der Waals surface area contributed by atoms with Gasteiger partial charge in [-0.2, -0.15) is 0 Å². The van der Waals surface area contributed by atoms with Gasteiger partial charge >= 0.3 is 0 Å². The molecule has 1 aliphatic rings. The lowest BCUT2D eigenvalue weighted by Crippen LogP contribution is -2.49. The molecule has 1 aliphatic carbocycles. The Kier molecular flexibility index (Phi) is 4.64. The van der Waals surface area contributed by atoms with E-state index in [0.29, 0.717) is 6.04 Å². The van der Waals surface area contributed by atoms with Crippen LogP contribution in [0.3, 0.4) is 0 Å². The molecule has 2 N–H and O–H groups in total. The van der Waals surface area contributed by atoms with Crippen LogP contribution in [0.2, 0.25) is 0 Å². The van der Waals surface area contributed by atoms with Crippen LogP contribution in [0, 0.1) is 13.8 Å². The van der Waals surface area contributed by atoms with Gasteiger partial charge in [0, 0.05) is 6.04 Å². The fraction of sp³-hybridized carbons (Fsp3) is 0.647. The third kappa shape index (κ3) is 3.58. The number of hydrogen-bond donors (Lipinski definition) is 2. The highest BCUT2D eigenvalue weighted by Crippen LogP contribution is 2.27. The normalized spacial score (nSPS) is 20.2. The fourth-order valence-corrected chi connectivity index (χ4v) is 3.21. The van der Waals surface area contributed by atoms with Crippen molar-refractivity contribution in [1.82, 2.24) is 5.32 Å². The van der Waals surface area contributed by atoms with Crippen molar-refractivity contribution in [1.29, 1.82) is 0 Å². The molecule has 106 valence electrons. The standard InChI is InChI=1S/C17H27NO/c1-13-9-14(2)11-15(10-13)17(3,12-19)18-16-7-5-4-6-8-16/h9-11,16,18-19H,4-8,12H2,1-3H3. The highest BCUT2D eigenvalue weighted by Gasteiger charge is 2.29. The number of rotatable bonds is 4. The second-order valence-electron chi connectivity index (χ2n) is 6.35. The Morgan fingerprint density at radius 3 is 2.21 bits per heavy atom. The fourth-order valence-electron chi connectivity index (χ4n) is 3.21. The van der Waals surface area contributed by atoms with Gasteiger partial charge in [-0.3, -0.25) is 0 Å². The van der Waals surface area contributed by atoms with Crippen LogP contribution in [0.15, 0.2) is 18.2 Å². The summed E-state index contributed by atoms with van der Waals surface area (Å²) >= 11 is 0. The molecule has 1 unspecified atom stereocenters. The molecule has 0 bridgehead atoms. The van der Waals surface area contributed by atoms with E-state index < -0.39 is 0 Å². The molecule has 19 heavy (non-hydrogen) atoms. The smallest absolute Gasteiger partial charge is 0.0652 e. The van der Waals surface area contributed by atoms with Crippen LogP contribution in [0.25, 0.3) is 0 Å². The van der Waals surface area contributed by atoms with Crippen LogP contribution in [0.5, 0.6) is 0 Å². The molecule has 0 radical (unpaired) electrons. The Morgan fingerprint density at radius 2 is 1.68 bits per heavy atom. The van der Waals surface area contributed by atoms with Crippen molar-refractivity contribution in [3.63, 3.8) is 0 Å². The van der Waals surface area contributed by atoms with E-state index in [0.717, 1.165) is 0 Å². The van der Waals surface area contributed by atoms with Crippen LogP contribution in [0.1, 0.15) is 55.7 Å². The molecule has 0 heterocycles. The van der Waals surface area contributed by atoms with Crippen molar-refractivity contribution in [2.75, 3.05) is 6.61 Å². The summed E-state index contributed by atoms with van der Waals surface area (Å²) in [5, 5.41) is 13.6. The lowest BCUT2D eigenvalue weighted by atomic mass is 9.87. The first-order chi connectivity index (χ1) is 9.03. The molecule has 0 amide bonds. The average molecular weight is 261 g/mol. The van der Waals surface area contributed by atoms with E-state index in [1.165, 1.54) is 48.8 Å². The third-order valence-electron chi connectivity index (χ3n) is 4.30. The zero-order valence-corrected chi connectivity index (χ0v) is 12.5. The van der Waals surface area contributed by atoms with Crippen LogP contribution < -0.4 is 5.32 Å². The number of nitrogens with one attached hydrogen (secondary N) is 1. The van der Waals surface area contributed by atoms with Gasteiger partial charge in [0.2, 0.25) is 0 Å². The van der Waals surface area contributed by atoms with Crippen molar-refractivity contribution in [2.45, 2.75) is 64.5 Å². The largest absolute Gasteiger partial charge is 0.394 e. The summed E-state index contributed by atoms with van der Waals surface area (Å²) in [4.78, 5) is 0. The molecule has 2 heteroatoms. The van der Waals surface area contributed by atoms with E-state index in [1.54, 1.807) is 0 Å². The van der Waals surface area contributed by atoms with E-state index in [4.69, 9.17) is 0 Å². The second-order valence-corrected chi connectivity index (χ2v) is 6.35. The van der Waals surface area contributed by atoms with E-state index >= 15 is 0 Å². The van der Waals surface area contributed by atoms with Gasteiger partial charge in [-0.25, -0.2) is 0 Å². The van der Waals surface area contributed by atoms with Crippen LogP contribution in [-0.2, 0) is 5.54 Å². The minimum absolute atomic E-state index is 0.145. The van der Waals surface area contributed by atoms with Gasteiger partial charge in [0.15, 0.2) is 0 Å². The van der Waals surface area contributed by atoms with E-state index in [9.17, 15) is 5.11 Å². The predicted molar refractivity (Wildman–Crippen MR) is 80.4 cm³/mol. The molecule has 0 aromatic heterocycles. The quantitative estimate of drug-likeness (QED) is 0.870. The maximum atomic E-state index is 9.89. The summed E-state index contributed by atoms with van der Waals surface area (Å²) in [7, 11) is 0. The number of benzene rings is 1. The molecule has 2 rings (SSSR count). The molecule has 1 saturated carbocycles. The lowest BCUT2D eigenvalue weighted by Gasteiger charge is -2.36. The Balaban J connectivity index is 2.19. The predicted octanol–water partition coefficient (Wildman–Crippen LogP) is 3.43. The number of aliphatic hydroxyl groups is 1. The van der Waals surface area contributed by atoms with Crippen molar-refractivity contribution >= 4 is 0 Å². The van der Waals surface area contributed by atoms with Gasteiger partial charge < -0.3 is 10.4 Å². The molecular weight excluding hydrogens is 234 g/mol. The van der Waals surface area contributed by atoms with E-state index in [-0.39, 0.29) is 12.1 Å². The first-order valence-electron chi connectivity index (χ1n) is 7.51. The monoisotopic (exact) mass is 261 g/mol. The molecule has 1 aromatic carbocycles. The Labute approximate surface area is 117 Å². The third-order valence-corrected chi connectivity index (χ3v) is 4.30. The summed E-state index contributed by atoms with van der Waals surface area (Å²) in [5.74, 6) is 0. The van der Waals surface area contributed by atoms with Crippen molar-refractivity contribution < 1.29 is 5.11 Å². The summed E-state index contributed by atoms with van der Waals surface area (Å²) in [5.41, 5.74) is 3.41. The Hall–Kier alpha value is -0.860. The molecule has 0 aliphatic heterocycles. The molecule has 1 fully saturated rings. The van der Waals surface area contributed by atoms with Crippen LogP contribution in [0.4, 0.5) is 0 Å². The summed E-state index contributed by atoms with van der Waals surface area (Å²) in [6.07, 6.45) is 6.45. The van der Waals surface area contributed by atoms with Gasteiger partial charge in [0.05, 0.1) is 12.1 Å². The maximum Gasteiger partial charge on any atom is 0.0652 e. The SMILES string of the molecule is Cc1cc(C)cc(C(C)(CO)NC2CCCCC2)c1. The molecular formula is C17H27NO. The minimum Gasteiger partial charge on any atom is -0.394 e. The van der Waals surface area contributed by atoms with Gasteiger partial charge in [0.25, 0.3) is 0 Å². The molecule has 0 saturated heterocycles. The Bertz CT molecular complexity index is 403. The van der Waals surface area contributed by atoms with Crippen molar-refractivity contribution in [3.05, 3.63) is 34.9 Å². The highest BCUT2D eigenvalue weighted by atomic mass is 16.3. The van der Waals surface area contributed by atoms with Gasteiger partial charge in [-0.1, -0.05) is 48.6 Å². The van der Waals surface area contributed by atoms with Crippen molar-refractivity contribution in [2.24, 2.45) is 0 Å². The summed E-state index contributed by atoms with van der Waals surface area (Å²) in [6, 6.07) is 7.12. The zero-order valence-electron chi connectivity index (χ0n) is 12.5. The number of aliphatic hydroxyl groups excluding tert-OH is 1. The van der Waals surface area contributed by atoms with Gasteiger partial charge in [-0.05, 0) is 39.2 Å². The van der Waals surface area contributed by atoms with E-state index in [1.807, 2.05) is 0 Å². The number of hydrogen-bond acceptors (Lipinski definition) is 2. The highest BCUT2D eigenvalue weighted by molar-refractivity contribution is 5.33. The zero-order chi connectivity index (χ0) is 13.9. The summed E-state index contributed by atoms with van der Waals surface area (Å²) < 4.78 is 0. The first-order valence-corrected chi connectivity index (χ1v) is 7.51. The first kappa shape index (κ1) is 14.5. The molecule has 2 nitrogen and oxygen atoms in total. The topological polar surface area (TPSA) is 32.3 Å².